The molecule has 0 heterocycles. The molecule has 10 nitrogen and oxygen atoms in total. The molecule has 3 aromatic carbocycles. The first kappa shape index (κ1) is 27.2. The molecule has 0 aliphatic carbocycles. The summed E-state index contributed by atoms with van der Waals surface area (Å²) < 4.78 is 36.4. The fourth-order valence-electron chi connectivity index (χ4n) is 3.36. The number of ether oxygens (including phenoxy) is 2. The molecule has 2 amide bonds. The van der Waals surface area contributed by atoms with E-state index in [0.29, 0.717) is 28.3 Å². The Bertz CT molecular complexity index is 1410. The van der Waals surface area contributed by atoms with E-state index < -0.39 is 22.5 Å². The van der Waals surface area contributed by atoms with Crippen molar-refractivity contribution in [2.75, 3.05) is 36.6 Å². The van der Waals surface area contributed by atoms with Gasteiger partial charge in [-0.3, -0.25) is 13.9 Å². The second-order valence-electron chi connectivity index (χ2n) is 7.94. The second kappa shape index (κ2) is 12.0. The Morgan fingerprint density at radius 2 is 1.62 bits per heavy atom. The van der Waals surface area contributed by atoms with E-state index in [2.05, 4.69) is 15.8 Å². The van der Waals surface area contributed by atoms with Crippen molar-refractivity contribution in [2.45, 2.75) is 6.92 Å². The van der Waals surface area contributed by atoms with E-state index in [4.69, 9.17) is 9.47 Å². The summed E-state index contributed by atoms with van der Waals surface area (Å²) in [6, 6.07) is 20.4. The molecule has 3 rings (SSSR count). The average Bonchev–Trinajstić information content (AvgIpc) is 2.90. The molecular formula is C26H28N4O6S. The molecule has 0 unspecified atom stereocenters. The van der Waals surface area contributed by atoms with Gasteiger partial charge in [-0.05, 0) is 48.9 Å². The van der Waals surface area contributed by atoms with Gasteiger partial charge in [0.25, 0.3) is 11.8 Å². The normalized spacial score (nSPS) is 11.4. The third-order valence-corrected chi connectivity index (χ3v) is 6.39. The zero-order valence-electron chi connectivity index (χ0n) is 20.9. The van der Waals surface area contributed by atoms with Gasteiger partial charge in [-0.15, -0.1) is 0 Å². The van der Waals surface area contributed by atoms with Crippen LogP contribution in [0.25, 0.3) is 0 Å². The van der Waals surface area contributed by atoms with Gasteiger partial charge < -0.3 is 14.8 Å². The van der Waals surface area contributed by atoms with Gasteiger partial charge in [0, 0.05) is 17.3 Å². The van der Waals surface area contributed by atoms with Gasteiger partial charge in [0.15, 0.2) is 0 Å². The van der Waals surface area contributed by atoms with E-state index in [-0.39, 0.29) is 17.3 Å². The van der Waals surface area contributed by atoms with E-state index in [9.17, 15) is 18.0 Å². The highest BCUT2D eigenvalue weighted by atomic mass is 32.2. The Labute approximate surface area is 216 Å². The molecule has 2 N–H and O–H groups in total. The first-order valence-corrected chi connectivity index (χ1v) is 13.0. The number of sulfonamides is 1. The highest BCUT2D eigenvalue weighted by Gasteiger charge is 2.24. The van der Waals surface area contributed by atoms with Crippen LogP contribution in [-0.4, -0.2) is 53.0 Å². The number of rotatable bonds is 10. The third kappa shape index (κ3) is 7.31. The lowest BCUT2D eigenvalue weighted by molar-refractivity contribution is -0.119. The monoisotopic (exact) mass is 524 g/mol. The van der Waals surface area contributed by atoms with Crippen LogP contribution >= 0.6 is 0 Å². The molecular weight excluding hydrogens is 496 g/mol. The molecule has 0 fully saturated rings. The SMILES string of the molecule is COc1ccc(OC)c(N(CC(=O)N/N=C(/C)c2cccc(NC(=O)c3ccccc3)c2)S(C)(=O)=O)c1. The summed E-state index contributed by atoms with van der Waals surface area (Å²) in [5, 5.41) is 6.93. The Hall–Kier alpha value is -4.38. The van der Waals surface area contributed by atoms with Crippen LogP contribution in [0.2, 0.25) is 0 Å². The summed E-state index contributed by atoms with van der Waals surface area (Å²) in [6.45, 7) is 1.14. The molecule has 0 bridgehead atoms. The molecule has 0 saturated heterocycles. The van der Waals surface area contributed by atoms with Gasteiger partial charge in [0.2, 0.25) is 10.0 Å². The fraction of sp³-hybridized carbons (Fsp3) is 0.192. The number of hydrogen-bond donors (Lipinski definition) is 2. The van der Waals surface area contributed by atoms with E-state index >= 15 is 0 Å². The van der Waals surface area contributed by atoms with Crippen molar-refractivity contribution < 1.29 is 27.5 Å². The van der Waals surface area contributed by atoms with Crippen molar-refractivity contribution in [3.63, 3.8) is 0 Å². The quantitative estimate of drug-likeness (QED) is 0.310. The maximum atomic E-state index is 12.7. The Balaban J connectivity index is 1.74. The standard InChI is InChI=1S/C26H28N4O6S/c1-18(20-11-8-12-21(15-20)27-26(32)19-9-6-5-7-10-19)28-29-25(31)17-30(37(4,33)34)23-16-22(35-2)13-14-24(23)36-3/h5-16H,17H2,1-4H3,(H,27,32)(H,29,31)/b28-18-. The van der Waals surface area contributed by atoms with Crippen LogP contribution in [0.3, 0.4) is 0 Å². The number of carbonyl (C=O) groups is 2. The van der Waals surface area contributed by atoms with Crippen molar-refractivity contribution in [2.24, 2.45) is 5.10 Å². The molecule has 0 radical (unpaired) electrons. The lowest BCUT2D eigenvalue weighted by Crippen LogP contribution is -2.39. The van der Waals surface area contributed by atoms with Crippen LogP contribution in [-0.2, 0) is 14.8 Å². The minimum Gasteiger partial charge on any atom is -0.497 e. The van der Waals surface area contributed by atoms with E-state index in [1.54, 1.807) is 67.6 Å². The topological polar surface area (TPSA) is 126 Å². The molecule has 0 saturated carbocycles. The Morgan fingerprint density at radius 3 is 2.27 bits per heavy atom. The number of nitrogens with zero attached hydrogens (tertiary/aromatic N) is 2. The largest absolute Gasteiger partial charge is 0.497 e. The summed E-state index contributed by atoms with van der Waals surface area (Å²) in [5.74, 6) is -0.260. The highest BCUT2D eigenvalue weighted by Crippen LogP contribution is 2.33. The number of hydrogen-bond acceptors (Lipinski definition) is 7. The molecule has 0 aliphatic rings. The second-order valence-corrected chi connectivity index (χ2v) is 9.85. The number of carbonyl (C=O) groups excluding carboxylic acids is 2. The zero-order valence-corrected chi connectivity index (χ0v) is 21.7. The maximum absolute atomic E-state index is 12.7. The first-order valence-electron chi connectivity index (χ1n) is 11.1. The third-order valence-electron chi connectivity index (χ3n) is 5.26. The first-order chi connectivity index (χ1) is 17.6. The van der Waals surface area contributed by atoms with Crippen LogP contribution in [0, 0.1) is 0 Å². The lowest BCUT2D eigenvalue weighted by Gasteiger charge is -2.23. The minimum atomic E-state index is -3.85. The van der Waals surface area contributed by atoms with Crippen LogP contribution in [0.4, 0.5) is 11.4 Å². The number of nitrogens with one attached hydrogen (secondary N) is 2. The van der Waals surface area contributed by atoms with Crippen LogP contribution in [0.5, 0.6) is 11.5 Å². The minimum absolute atomic E-state index is 0.155. The van der Waals surface area contributed by atoms with Crippen molar-refractivity contribution in [3.8, 4) is 11.5 Å². The number of benzene rings is 3. The van der Waals surface area contributed by atoms with Crippen molar-refractivity contribution in [1.82, 2.24) is 5.43 Å². The van der Waals surface area contributed by atoms with Gasteiger partial charge in [0.1, 0.15) is 18.0 Å². The number of amides is 2. The van der Waals surface area contributed by atoms with Gasteiger partial charge in [-0.2, -0.15) is 5.10 Å². The molecule has 37 heavy (non-hydrogen) atoms. The summed E-state index contributed by atoms with van der Waals surface area (Å²) in [4.78, 5) is 25.1. The van der Waals surface area contributed by atoms with Crippen molar-refractivity contribution in [1.29, 1.82) is 0 Å². The summed E-state index contributed by atoms with van der Waals surface area (Å²) >= 11 is 0. The number of anilines is 2. The summed E-state index contributed by atoms with van der Waals surface area (Å²) in [7, 11) is -1.01. The van der Waals surface area contributed by atoms with Crippen LogP contribution in [0.1, 0.15) is 22.8 Å². The van der Waals surface area contributed by atoms with Crippen molar-refractivity contribution in [3.05, 3.63) is 83.9 Å². The predicted octanol–water partition coefficient (Wildman–Crippen LogP) is 3.26. The predicted molar refractivity (Wildman–Crippen MR) is 143 cm³/mol. The van der Waals surface area contributed by atoms with Gasteiger partial charge in [0.05, 0.1) is 31.9 Å². The van der Waals surface area contributed by atoms with Gasteiger partial charge >= 0.3 is 0 Å². The van der Waals surface area contributed by atoms with Gasteiger partial charge in [-0.1, -0.05) is 30.3 Å². The smallest absolute Gasteiger partial charge is 0.260 e. The lowest BCUT2D eigenvalue weighted by atomic mass is 10.1. The average molecular weight is 525 g/mol. The fourth-order valence-corrected chi connectivity index (χ4v) is 4.22. The van der Waals surface area contributed by atoms with Crippen molar-refractivity contribution >= 4 is 38.9 Å². The van der Waals surface area contributed by atoms with E-state index in [0.717, 1.165) is 10.6 Å². The molecule has 0 aliphatic heterocycles. The van der Waals surface area contributed by atoms with E-state index in [1.807, 2.05) is 6.07 Å². The molecule has 11 heteroatoms. The van der Waals surface area contributed by atoms with Crippen LogP contribution < -0.4 is 24.5 Å². The molecule has 0 aromatic heterocycles. The zero-order chi connectivity index (χ0) is 27.0. The molecule has 0 atom stereocenters. The maximum Gasteiger partial charge on any atom is 0.260 e. The molecule has 194 valence electrons. The molecule has 0 spiro atoms. The Morgan fingerprint density at radius 1 is 0.919 bits per heavy atom. The van der Waals surface area contributed by atoms with Crippen LogP contribution in [0.15, 0.2) is 77.9 Å². The van der Waals surface area contributed by atoms with E-state index in [1.165, 1.54) is 20.3 Å². The molecule has 3 aromatic rings. The number of hydrazone groups is 1. The highest BCUT2D eigenvalue weighted by molar-refractivity contribution is 7.92. The Kier molecular flexibility index (Phi) is 8.86. The number of methoxy groups -OCH3 is 2. The summed E-state index contributed by atoms with van der Waals surface area (Å²) in [6.07, 6.45) is 0.989. The van der Waals surface area contributed by atoms with Gasteiger partial charge in [-0.25, -0.2) is 13.8 Å². The summed E-state index contributed by atoms with van der Waals surface area (Å²) in [5.41, 5.74) is 4.73.